The molecular formula is C37H38N6O6S. The second-order valence-corrected chi connectivity index (χ2v) is 12.8. The fourth-order valence-corrected chi connectivity index (χ4v) is 6.55. The monoisotopic (exact) mass is 694 g/mol. The third-order valence-electron chi connectivity index (χ3n) is 8.32. The highest BCUT2D eigenvalue weighted by Gasteiger charge is 2.32. The fourth-order valence-electron chi connectivity index (χ4n) is 5.64. The van der Waals surface area contributed by atoms with Crippen LogP contribution in [-0.4, -0.2) is 54.2 Å². The van der Waals surface area contributed by atoms with E-state index in [-0.39, 0.29) is 37.6 Å². The van der Waals surface area contributed by atoms with Crippen molar-refractivity contribution < 1.29 is 29.4 Å². The van der Waals surface area contributed by atoms with Crippen LogP contribution in [0, 0.1) is 0 Å². The molecule has 0 saturated carbocycles. The van der Waals surface area contributed by atoms with Crippen molar-refractivity contribution in [3.63, 3.8) is 0 Å². The molecule has 13 heteroatoms. The first kappa shape index (κ1) is 34.9. The zero-order valence-corrected chi connectivity index (χ0v) is 28.0. The molecule has 0 unspecified atom stereocenters. The molecular weight excluding hydrogens is 657 g/mol. The van der Waals surface area contributed by atoms with Crippen molar-refractivity contribution in [3.8, 4) is 16.8 Å². The van der Waals surface area contributed by atoms with E-state index in [2.05, 4.69) is 20.8 Å². The topological polar surface area (TPSA) is 161 Å². The average Bonchev–Trinajstić information content (AvgIpc) is 3.65. The number of benzene rings is 4. The molecule has 258 valence electrons. The summed E-state index contributed by atoms with van der Waals surface area (Å²) >= 11 is 1.53. The van der Waals surface area contributed by atoms with Crippen molar-refractivity contribution >= 4 is 23.6 Å². The highest BCUT2D eigenvalue weighted by Crippen LogP contribution is 2.40. The third kappa shape index (κ3) is 9.20. The van der Waals surface area contributed by atoms with E-state index in [4.69, 9.17) is 14.7 Å². The van der Waals surface area contributed by atoms with Crippen LogP contribution < -0.4 is 10.8 Å². The number of aliphatic hydroxyl groups is 1. The van der Waals surface area contributed by atoms with Crippen molar-refractivity contribution in [2.45, 2.75) is 62.5 Å². The molecule has 5 aromatic rings. The van der Waals surface area contributed by atoms with E-state index >= 15 is 0 Å². The van der Waals surface area contributed by atoms with Gasteiger partial charge in [-0.15, -0.1) is 5.10 Å². The van der Waals surface area contributed by atoms with Gasteiger partial charge in [0.1, 0.15) is 0 Å². The minimum absolute atomic E-state index is 0.0236. The van der Waals surface area contributed by atoms with E-state index in [0.29, 0.717) is 30.3 Å². The zero-order chi connectivity index (χ0) is 34.7. The normalized spacial score (nSPS) is 17.3. The Balaban J connectivity index is 1.13. The smallest absolute Gasteiger partial charge is 0.243 e. The number of carbonyl (C=O) groups is 2. The molecule has 1 aliphatic rings. The highest BCUT2D eigenvalue weighted by molar-refractivity contribution is 7.99. The van der Waals surface area contributed by atoms with Gasteiger partial charge in [-0.2, -0.15) is 4.68 Å². The van der Waals surface area contributed by atoms with Gasteiger partial charge in [-0.25, -0.2) is 5.48 Å². The highest BCUT2D eigenvalue weighted by atomic mass is 32.2. The summed E-state index contributed by atoms with van der Waals surface area (Å²) in [5, 5.41) is 34.0. The van der Waals surface area contributed by atoms with Crippen LogP contribution in [0.5, 0.6) is 0 Å². The predicted octanol–water partition coefficient (Wildman–Crippen LogP) is 5.45. The Morgan fingerprint density at radius 2 is 1.60 bits per heavy atom. The quantitative estimate of drug-likeness (QED) is 0.0669. The van der Waals surface area contributed by atoms with Gasteiger partial charge in [0.2, 0.25) is 17.0 Å². The largest absolute Gasteiger partial charge is 0.392 e. The number of hydroxylamine groups is 1. The first-order valence-electron chi connectivity index (χ1n) is 16.3. The number of rotatable bonds is 14. The van der Waals surface area contributed by atoms with Gasteiger partial charge in [-0.05, 0) is 62.9 Å². The first-order valence-corrected chi connectivity index (χ1v) is 17.3. The van der Waals surface area contributed by atoms with Crippen molar-refractivity contribution in [1.82, 2.24) is 31.0 Å². The number of thioether (sulfide) groups is 1. The number of carbonyl (C=O) groups excluding carboxylic acids is 2. The predicted molar refractivity (Wildman–Crippen MR) is 186 cm³/mol. The van der Waals surface area contributed by atoms with Crippen LogP contribution in [0.4, 0.5) is 0 Å². The summed E-state index contributed by atoms with van der Waals surface area (Å²) in [6.45, 7) is 0.336. The van der Waals surface area contributed by atoms with Gasteiger partial charge < -0.3 is 19.9 Å². The first-order chi connectivity index (χ1) is 24.5. The number of para-hydroxylation sites is 1. The van der Waals surface area contributed by atoms with Gasteiger partial charge in [0.05, 0.1) is 24.5 Å². The van der Waals surface area contributed by atoms with E-state index in [1.54, 1.807) is 10.2 Å². The van der Waals surface area contributed by atoms with Crippen LogP contribution in [0.25, 0.3) is 16.8 Å². The van der Waals surface area contributed by atoms with Crippen molar-refractivity contribution in [1.29, 1.82) is 0 Å². The molecule has 0 bridgehead atoms. The van der Waals surface area contributed by atoms with Gasteiger partial charge in [0.25, 0.3) is 0 Å². The SMILES string of the molecule is O=C(CCCC(=O)NCc1cccc(-c2ccc([C@H]3O[C@@H](CSc4nnnn4-c4ccccc4)C[C@@H](c4ccc(CO)cc4)O3)cc2)c1)NO. The summed E-state index contributed by atoms with van der Waals surface area (Å²) in [4.78, 5) is 23.4. The molecule has 0 radical (unpaired) electrons. The second-order valence-electron chi connectivity index (χ2n) is 11.9. The lowest BCUT2D eigenvalue weighted by atomic mass is 9.99. The lowest BCUT2D eigenvalue weighted by Gasteiger charge is -2.36. The standard InChI is InChI=1S/C37H38N6O6S/c44-23-25-12-14-28(15-13-25)33-21-32(24-50-37-39-41-42-43(37)31-8-2-1-3-9-31)48-36(49-33)29-18-16-27(17-19-29)30-7-4-6-26(20-30)22-38-34(45)10-5-11-35(46)40-47/h1-4,6-9,12-20,32-33,36,44,47H,5,10-11,21-24H2,(H,38,45)(H,40,46)/t32-,33+,36+/m1/s1. The third-order valence-corrected chi connectivity index (χ3v) is 9.37. The molecule has 1 aliphatic heterocycles. The molecule has 50 heavy (non-hydrogen) atoms. The summed E-state index contributed by atoms with van der Waals surface area (Å²) in [5.74, 6) is -0.0615. The second kappa shape index (κ2) is 17.1. The van der Waals surface area contributed by atoms with Crippen LogP contribution >= 0.6 is 11.8 Å². The Morgan fingerprint density at radius 3 is 2.36 bits per heavy atom. The van der Waals surface area contributed by atoms with Crippen molar-refractivity contribution in [2.24, 2.45) is 0 Å². The van der Waals surface area contributed by atoms with Gasteiger partial charge in [0, 0.05) is 37.1 Å². The number of amides is 2. The maximum Gasteiger partial charge on any atom is 0.243 e. The summed E-state index contributed by atoms with van der Waals surface area (Å²) < 4.78 is 14.8. The number of aromatic nitrogens is 4. The molecule has 0 aliphatic carbocycles. The minimum atomic E-state index is -0.610. The molecule has 1 fully saturated rings. The summed E-state index contributed by atoms with van der Waals surface area (Å²) in [5.41, 5.74) is 8.13. The molecule has 3 atom stereocenters. The summed E-state index contributed by atoms with van der Waals surface area (Å²) in [6, 6.07) is 33.6. The van der Waals surface area contributed by atoms with Crippen LogP contribution in [0.3, 0.4) is 0 Å². The van der Waals surface area contributed by atoms with Crippen LogP contribution in [0.15, 0.2) is 108 Å². The number of hydrogen-bond donors (Lipinski definition) is 4. The Kier molecular flexibility index (Phi) is 12.0. The fraction of sp³-hybridized carbons (Fsp3) is 0.270. The van der Waals surface area contributed by atoms with Crippen molar-refractivity contribution in [3.05, 3.63) is 125 Å². The van der Waals surface area contributed by atoms with E-state index in [1.807, 2.05) is 103 Å². The van der Waals surface area contributed by atoms with Gasteiger partial charge >= 0.3 is 0 Å². The van der Waals surface area contributed by atoms with Crippen LogP contribution in [-0.2, 0) is 32.2 Å². The number of aliphatic hydroxyl groups excluding tert-OH is 1. The summed E-state index contributed by atoms with van der Waals surface area (Å²) in [7, 11) is 0. The lowest BCUT2D eigenvalue weighted by molar-refractivity contribution is -0.245. The van der Waals surface area contributed by atoms with Gasteiger partial charge in [-0.3, -0.25) is 14.8 Å². The van der Waals surface area contributed by atoms with Crippen molar-refractivity contribution in [2.75, 3.05) is 5.75 Å². The van der Waals surface area contributed by atoms with E-state index < -0.39 is 12.2 Å². The molecule has 1 aromatic heterocycles. The maximum absolute atomic E-state index is 12.2. The van der Waals surface area contributed by atoms with Crippen LogP contribution in [0.2, 0.25) is 0 Å². The number of nitrogens with zero attached hydrogens (tertiary/aromatic N) is 4. The Morgan fingerprint density at radius 1 is 0.840 bits per heavy atom. The number of nitrogens with one attached hydrogen (secondary N) is 2. The molecule has 6 rings (SSSR count). The zero-order valence-electron chi connectivity index (χ0n) is 27.2. The Labute approximate surface area is 293 Å². The average molecular weight is 695 g/mol. The molecule has 1 saturated heterocycles. The molecule has 2 amide bonds. The Hall–Kier alpha value is -4.92. The maximum atomic E-state index is 12.2. The van der Waals surface area contributed by atoms with Gasteiger partial charge in [-0.1, -0.05) is 96.7 Å². The Bertz CT molecular complexity index is 1850. The molecule has 2 heterocycles. The van der Waals surface area contributed by atoms with E-state index in [1.165, 1.54) is 11.8 Å². The number of tetrazole rings is 1. The number of hydrogen-bond acceptors (Lipinski definition) is 10. The molecule has 0 spiro atoms. The molecule has 4 N–H and O–H groups in total. The lowest BCUT2D eigenvalue weighted by Crippen LogP contribution is -2.31. The van der Waals surface area contributed by atoms with E-state index in [0.717, 1.165) is 39.1 Å². The van der Waals surface area contributed by atoms with Gasteiger partial charge in [0.15, 0.2) is 6.29 Å². The minimum Gasteiger partial charge on any atom is -0.392 e. The summed E-state index contributed by atoms with van der Waals surface area (Å²) in [6.07, 6.45) is 0.261. The number of ether oxygens (including phenoxy) is 2. The van der Waals surface area contributed by atoms with E-state index in [9.17, 15) is 14.7 Å². The van der Waals surface area contributed by atoms with Crippen LogP contribution in [0.1, 0.15) is 60.3 Å². The molecule has 12 nitrogen and oxygen atoms in total. The molecule has 4 aromatic carbocycles.